The van der Waals surface area contributed by atoms with E-state index in [1.807, 2.05) is 60.4 Å². The number of benzene rings is 3. The van der Waals surface area contributed by atoms with Crippen LogP contribution in [0.3, 0.4) is 0 Å². The van der Waals surface area contributed by atoms with Gasteiger partial charge >= 0.3 is 0 Å². The van der Waals surface area contributed by atoms with E-state index < -0.39 is 5.91 Å². The zero-order chi connectivity index (χ0) is 35.3. The Balaban J connectivity index is 0.998. The molecular weight excluding hydrogens is 637 g/mol. The number of hydrogen-bond acceptors (Lipinski definition) is 7. The Morgan fingerprint density at radius 2 is 1.55 bits per heavy atom. The zero-order valence-corrected chi connectivity index (χ0v) is 29.7. The summed E-state index contributed by atoms with van der Waals surface area (Å²) in [7, 11) is 0. The highest BCUT2D eigenvalue weighted by Crippen LogP contribution is 2.35. The van der Waals surface area contributed by atoms with E-state index in [1.165, 1.54) is 31.5 Å². The van der Waals surface area contributed by atoms with E-state index in [2.05, 4.69) is 45.1 Å². The van der Waals surface area contributed by atoms with Gasteiger partial charge in [-0.25, -0.2) is 4.98 Å². The van der Waals surface area contributed by atoms with Crippen LogP contribution in [0.4, 0.5) is 5.82 Å². The summed E-state index contributed by atoms with van der Waals surface area (Å²) in [5, 5.41) is 0. The predicted molar refractivity (Wildman–Crippen MR) is 202 cm³/mol. The van der Waals surface area contributed by atoms with Crippen molar-refractivity contribution in [3.63, 3.8) is 0 Å². The SMILES string of the molecule is CC(Oc1cc(-c2ccc(C(=O)N3CCC(N4CCCC4)CC3)cc2)cnc1N)c1ccc(C(N)=O)c(C2CCN(Cc3ccccc3)CC2)c1. The van der Waals surface area contributed by atoms with Crippen LogP contribution in [-0.2, 0) is 6.54 Å². The lowest BCUT2D eigenvalue weighted by atomic mass is 9.84. The van der Waals surface area contributed by atoms with E-state index in [-0.39, 0.29) is 17.9 Å². The van der Waals surface area contributed by atoms with Crippen molar-refractivity contribution in [2.24, 2.45) is 5.73 Å². The number of likely N-dealkylation sites (tertiary alicyclic amines) is 3. The standard InChI is InChI=1S/C42H50N6O3/c1-29(34-13-14-37(41(44)49)38(25-34)32-15-21-46(22-16-32)28-30-7-3-2-4-8-30)51-39-26-35(27-45-40(39)43)31-9-11-33(12-10-31)42(50)48-23-17-36(18-24-48)47-19-5-6-20-47/h2-4,7-14,25-27,29,32,36H,5-6,15-24,28H2,1H3,(H2,43,45)(H2,44,49). The molecule has 4 N–H and O–H groups in total. The number of hydrogen-bond donors (Lipinski definition) is 2. The molecule has 1 atom stereocenters. The highest BCUT2D eigenvalue weighted by atomic mass is 16.5. The Morgan fingerprint density at radius 3 is 2.24 bits per heavy atom. The lowest BCUT2D eigenvalue weighted by molar-refractivity contribution is 0.0644. The minimum atomic E-state index is -0.409. The van der Waals surface area contributed by atoms with Crippen molar-refractivity contribution in [3.05, 3.63) is 113 Å². The third-order valence-electron chi connectivity index (χ3n) is 11.1. The van der Waals surface area contributed by atoms with Crippen LogP contribution in [0.25, 0.3) is 11.1 Å². The highest BCUT2D eigenvalue weighted by molar-refractivity contribution is 5.95. The van der Waals surface area contributed by atoms with E-state index in [4.69, 9.17) is 16.2 Å². The molecule has 4 heterocycles. The summed E-state index contributed by atoms with van der Waals surface area (Å²) in [5.74, 6) is 0.700. The summed E-state index contributed by atoms with van der Waals surface area (Å²) in [4.78, 5) is 37.3. The molecule has 266 valence electrons. The van der Waals surface area contributed by atoms with Crippen molar-refractivity contribution < 1.29 is 14.3 Å². The van der Waals surface area contributed by atoms with E-state index in [9.17, 15) is 9.59 Å². The minimum Gasteiger partial charge on any atom is -0.482 e. The van der Waals surface area contributed by atoms with Crippen molar-refractivity contribution in [2.75, 3.05) is 45.0 Å². The largest absolute Gasteiger partial charge is 0.482 e. The first kappa shape index (κ1) is 34.7. The fraction of sp³-hybridized carbons (Fsp3) is 0.405. The van der Waals surface area contributed by atoms with Crippen LogP contribution in [0.1, 0.15) is 94.9 Å². The molecule has 0 radical (unpaired) electrons. The summed E-state index contributed by atoms with van der Waals surface area (Å²) in [6.07, 6.45) is 7.98. The van der Waals surface area contributed by atoms with Gasteiger partial charge in [0.2, 0.25) is 5.91 Å². The number of piperidine rings is 2. The van der Waals surface area contributed by atoms with Gasteiger partial charge in [-0.1, -0.05) is 54.6 Å². The molecule has 2 amide bonds. The number of nitrogen functional groups attached to an aromatic ring is 1. The Bertz CT molecular complexity index is 1810. The van der Waals surface area contributed by atoms with Gasteiger partial charge in [0.15, 0.2) is 11.6 Å². The molecule has 1 aromatic heterocycles. The summed E-state index contributed by atoms with van der Waals surface area (Å²) in [6, 6.07) is 26.6. The molecule has 4 aromatic rings. The number of ether oxygens (including phenoxy) is 1. The third-order valence-corrected chi connectivity index (χ3v) is 11.1. The molecule has 9 heteroatoms. The molecule has 3 aliphatic rings. The molecule has 0 spiro atoms. The molecule has 3 saturated heterocycles. The lowest BCUT2D eigenvalue weighted by Gasteiger charge is -2.36. The number of nitrogens with two attached hydrogens (primary N) is 2. The summed E-state index contributed by atoms with van der Waals surface area (Å²) >= 11 is 0. The molecule has 7 rings (SSSR count). The summed E-state index contributed by atoms with van der Waals surface area (Å²) < 4.78 is 6.43. The highest BCUT2D eigenvalue weighted by Gasteiger charge is 2.29. The van der Waals surface area contributed by atoms with Gasteiger partial charge in [-0.2, -0.15) is 0 Å². The van der Waals surface area contributed by atoms with Crippen molar-refractivity contribution in [2.45, 2.75) is 70.1 Å². The van der Waals surface area contributed by atoms with E-state index in [0.717, 1.165) is 80.7 Å². The van der Waals surface area contributed by atoms with Gasteiger partial charge in [0, 0.05) is 48.6 Å². The molecule has 3 fully saturated rings. The topological polar surface area (TPSA) is 118 Å². The average Bonchev–Trinajstić information content (AvgIpc) is 3.71. The van der Waals surface area contributed by atoms with Gasteiger partial charge < -0.3 is 26.0 Å². The van der Waals surface area contributed by atoms with Crippen LogP contribution in [0, 0.1) is 0 Å². The number of carbonyl (C=O) groups is 2. The fourth-order valence-corrected chi connectivity index (χ4v) is 8.13. The van der Waals surface area contributed by atoms with Gasteiger partial charge in [0.25, 0.3) is 5.91 Å². The number of carbonyl (C=O) groups excluding carboxylic acids is 2. The van der Waals surface area contributed by atoms with Crippen LogP contribution in [0.15, 0.2) is 85.1 Å². The molecule has 0 saturated carbocycles. The first-order valence-electron chi connectivity index (χ1n) is 18.6. The van der Waals surface area contributed by atoms with E-state index in [1.54, 1.807) is 6.20 Å². The maximum atomic E-state index is 13.3. The van der Waals surface area contributed by atoms with Crippen molar-refractivity contribution in [1.82, 2.24) is 19.7 Å². The molecule has 3 aliphatic heterocycles. The zero-order valence-electron chi connectivity index (χ0n) is 29.7. The van der Waals surface area contributed by atoms with Gasteiger partial charge in [-0.05, 0) is 124 Å². The number of nitrogens with zero attached hydrogens (tertiary/aromatic N) is 4. The lowest BCUT2D eigenvalue weighted by Crippen LogP contribution is -2.45. The molecule has 0 aliphatic carbocycles. The predicted octanol–water partition coefficient (Wildman–Crippen LogP) is 6.65. The maximum Gasteiger partial charge on any atom is 0.253 e. The smallest absolute Gasteiger partial charge is 0.253 e. The first-order valence-corrected chi connectivity index (χ1v) is 18.6. The Morgan fingerprint density at radius 1 is 0.843 bits per heavy atom. The summed E-state index contributed by atoms with van der Waals surface area (Å²) in [6.45, 7) is 8.83. The second kappa shape index (κ2) is 15.7. The molecule has 51 heavy (non-hydrogen) atoms. The Labute approximate surface area is 301 Å². The van der Waals surface area contributed by atoms with Gasteiger partial charge in [0.1, 0.15) is 6.10 Å². The van der Waals surface area contributed by atoms with Crippen molar-refractivity contribution in [3.8, 4) is 16.9 Å². The van der Waals surface area contributed by atoms with Crippen molar-refractivity contribution in [1.29, 1.82) is 0 Å². The van der Waals surface area contributed by atoms with Crippen LogP contribution in [-0.4, -0.2) is 76.8 Å². The van der Waals surface area contributed by atoms with Crippen LogP contribution >= 0.6 is 0 Å². The normalized spacial score (nSPS) is 18.5. The number of aromatic nitrogens is 1. The van der Waals surface area contributed by atoms with Crippen molar-refractivity contribution >= 4 is 17.6 Å². The number of primary amides is 1. The van der Waals surface area contributed by atoms with Gasteiger partial charge in [0.05, 0.1) is 0 Å². The third kappa shape index (κ3) is 8.10. The average molecular weight is 687 g/mol. The fourth-order valence-electron chi connectivity index (χ4n) is 8.13. The van der Waals surface area contributed by atoms with Gasteiger partial charge in [-0.3, -0.25) is 14.5 Å². The molecule has 1 unspecified atom stereocenters. The number of amides is 2. The Hall–Kier alpha value is -4.73. The first-order chi connectivity index (χ1) is 24.8. The number of rotatable bonds is 10. The quantitative estimate of drug-likeness (QED) is 0.192. The van der Waals surface area contributed by atoms with Crippen LogP contribution in [0.2, 0.25) is 0 Å². The maximum absolute atomic E-state index is 13.3. The minimum absolute atomic E-state index is 0.0918. The van der Waals surface area contributed by atoms with E-state index >= 15 is 0 Å². The monoisotopic (exact) mass is 686 g/mol. The summed E-state index contributed by atoms with van der Waals surface area (Å²) in [5.41, 5.74) is 18.5. The Kier molecular flexibility index (Phi) is 10.7. The molecular formula is C42H50N6O3. The van der Waals surface area contributed by atoms with Crippen LogP contribution < -0.4 is 16.2 Å². The number of anilines is 1. The molecule has 9 nitrogen and oxygen atoms in total. The van der Waals surface area contributed by atoms with Gasteiger partial charge in [-0.15, -0.1) is 0 Å². The second-order valence-electron chi connectivity index (χ2n) is 14.5. The molecule has 0 bridgehead atoms. The number of pyridine rings is 1. The van der Waals surface area contributed by atoms with Crippen LogP contribution in [0.5, 0.6) is 5.75 Å². The second-order valence-corrected chi connectivity index (χ2v) is 14.5. The van der Waals surface area contributed by atoms with E-state index in [0.29, 0.717) is 28.7 Å². The molecule has 3 aromatic carbocycles.